The quantitative estimate of drug-likeness (QED) is 0.367. The SMILES string of the molecule is Cc1cccc(C)c1[N+]#N.F[B-](F)(F)F. The van der Waals surface area contributed by atoms with Gasteiger partial charge in [0.05, 0.1) is 0 Å². The minimum absolute atomic E-state index is 0.683. The number of nitrogens with zero attached hydrogens (tertiary/aromatic N) is 2. The van der Waals surface area contributed by atoms with Gasteiger partial charge in [0.1, 0.15) is 0 Å². The molecule has 0 fully saturated rings. The van der Waals surface area contributed by atoms with E-state index < -0.39 is 7.25 Å². The van der Waals surface area contributed by atoms with E-state index in [0.717, 1.165) is 11.1 Å². The van der Waals surface area contributed by atoms with Crippen LogP contribution >= 0.6 is 0 Å². The molecule has 2 nitrogen and oxygen atoms in total. The Hall–Kier alpha value is -1.58. The minimum atomic E-state index is -6.00. The molecule has 0 amide bonds. The van der Waals surface area contributed by atoms with Crippen LogP contribution in [-0.2, 0) is 0 Å². The molecule has 0 heterocycles. The molecule has 1 aromatic carbocycles. The molecule has 0 aromatic heterocycles. The summed E-state index contributed by atoms with van der Waals surface area (Å²) in [7, 11) is -6.00. The van der Waals surface area contributed by atoms with Crippen LogP contribution in [0, 0.1) is 19.2 Å². The summed E-state index contributed by atoms with van der Waals surface area (Å²) >= 11 is 0. The first kappa shape index (κ1) is 13.4. The number of diazo groups is 1. The van der Waals surface area contributed by atoms with Crippen molar-refractivity contribution >= 4 is 12.9 Å². The average Bonchev–Trinajstić information content (AvgIpc) is 2.01. The monoisotopic (exact) mass is 220 g/mol. The highest BCUT2D eigenvalue weighted by atomic mass is 19.5. The third kappa shape index (κ3) is 6.49. The molecule has 0 radical (unpaired) electrons. The highest BCUT2D eigenvalue weighted by Crippen LogP contribution is 2.21. The fourth-order valence-electron chi connectivity index (χ4n) is 0.963. The summed E-state index contributed by atoms with van der Waals surface area (Å²) in [6, 6.07) is 5.78. The van der Waals surface area contributed by atoms with E-state index in [2.05, 4.69) is 4.98 Å². The van der Waals surface area contributed by atoms with Gasteiger partial charge in [-0.1, -0.05) is 18.2 Å². The van der Waals surface area contributed by atoms with Crippen LogP contribution in [0.4, 0.5) is 23.0 Å². The molecule has 0 aliphatic carbocycles. The van der Waals surface area contributed by atoms with Crippen LogP contribution in [0.3, 0.4) is 0 Å². The molecule has 15 heavy (non-hydrogen) atoms. The lowest BCUT2D eigenvalue weighted by molar-refractivity contribution is 0.368. The van der Waals surface area contributed by atoms with Gasteiger partial charge in [0.25, 0.3) is 0 Å². The maximum atomic E-state index is 9.75. The number of rotatable bonds is 0. The van der Waals surface area contributed by atoms with E-state index in [1.165, 1.54) is 0 Å². The molecular weight excluding hydrogens is 211 g/mol. The van der Waals surface area contributed by atoms with Gasteiger partial charge in [0.2, 0.25) is 5.39 Å². The molecular formula is C8H9BF4N2. The Bertz CT molecular complexity index is 344. The van der Waals surface area contributed by atoms with Crippen LogP contribution in [0.1, 0.15) is 11.1 Å². The molecule has 7 heteroatoms. The Labute approximate surface area is 84.6 Å². The molecule has 0 saturated carbocycles. The largest absolute Gasteiger partial charge is 0.673 e. The number of benzene rings is 1. The van der Waals surface area contributed by atoms with Crippen LogP contribution < -0.4 is 0 Å². The molecule has 82 valence electrons. The Kier molecular flexibility index (Phi) is 4.78. The van der Waals surface area contributed by atoms with Gasteiger partial charge in [0.15, 0.2) is 4.98 Å². The van der Waals surface area contributed by atoms with Crippen molar-refractivity contribution in [3.8, 4) is 0 Å². The summed E-state index contributed by atoms with van der Waals surface area (Å²) < 4.78 is 39.0. The van der Waals surface area contributed by atoms with Crippen LogP contribution in [0.2, 0.25) is 0 Å². The molecule has 0 aliphatic heterocycles. The van der Waals surface area contributed by atoms with Gasteiger partial charge in [-0.05, 0) is 13.8 Å². The molecule has 0 spiro atoms. The Morgan fingerprint density at radius 3 is 1.60 bits per heavy atom. The number of halogens is 4. The van der Waals surface area contributed by atoms with Crippen LogP contribution in [0.5, 0.6) is 0 Å². The zero-order valence-electron chi connectivity index (χ0n) is 8.22. The molecule has 1 aromatic rings. The number of hydrogen-bond acceptors (Lipinski definition) is 1. The van der Waals surface area contributed by atoms with E-state index in [9.17, 15) is 17.3 Å². The van der Waals surface area contributed by atoms with Gasteiger partial charge < -0.3 is 17.3 Å². The summed E-state index contributed by atoms with van der Waals surface area (Å²) in [6.07, 6.45) is 0. The maximum Gasteiger partial charge on any atom is 0.673 e. The van der Waals surface area contributed by atoms with Crippen LogP contribution in [0.25, 0.3) is 4.98 Å². The maximum absolute atomic E-state index is 9.75. The van der Waals surface area contributed by atoms with Crippen LogP contribution in [0.15, 0.2) is 18.2 Å². The zero-order valence-corrected chi connectivity index (χ0v) is 8.22. The third-order valence-corrected chi connectivity index (χ3v) is 1.54. The summed E-state index contributed by atoms with van der Waals surface area (Å²) in [5.74, 6) is 0. The van der Waals surface area contributed by atoms with Crippen molar-refractivity contribution in [1.82, 2.24) is 0 Å². The predicted octanol–water partition coefficient (Wildman–Crippen LogP) is 4.09. The van der Waals surface area contributed by atoms with Crippen molar-refractivity contribution in [2.45, 2.75) is 13.8 Å². The van der Waals surface area contributed by atoms with Gasteiger partial charge >= 0.3 is 12.9 Å². The third-order valence-electron chi connectivity index (χ3n) is 1.54. The second kappa shape index (κ2) is 5.34. The molecule has 1 rings (SSSR count). The molecule has 0 atom stereocenters. The van der Waals surface area contributed by atoms with Crippen molar-refractivity contribution < 1.29 is 17.3 Å². The standard InChI is InChI=1S/C8H9N2.BF4/c1-6-4-3-5-7(2)8(6)10-9;2-1(3,4)5/h3-5H,1-2H3;/q+1;-1. The fourth-order valence-corrected chi connectivity index (χ4v) is 0.963. The van der Waals surface area contributed by atoms with E-state index in [4.69, 9.17) is 5.39 Å². The number of aryl methyl sites for hydroxylation is 2. The van der Waals surface area contributed by atoms with Crippen molar-refractivity contribution in [2.24, 2.45) is 0 Å². The first-order chi connectivity index (χ1) is 6.75. The molecule has 0 N–H and O–H groups in total. The first-order valence-corrected chi connectivity index (χ1v) is 4.04. The Morgan fingerprint density at radius 2 is 1.40 bits per heavy atom. The second-order valence-electron chi connectivity index (χ2n) is 2.84. The number of hydrogen-bond donors (Lipinski definition) is 0. The van der Waals surface area contributed by atoms with E-state index in [1.54, 1.807) is 0 Å². The normalized spacial score (nSPS) is 9.93. The predicted molar refractivity (Wildman–Crippen MR) is 50.8 cm³/mol. The fraction of sp³-hybridized carbons (Fsp3) is 0.250. The lowest BCUT2D eigenvalue weighted by atomic mass is 10.1. The van der Waals surface area contributed by atoms with Crippen molar-refractivity contribution in [3.05, 3.63) is 34.3 Å². The zero-order chi connectivity index (χ0) is 12.1. The van der Waals surface area contributed by atoms with Crippen molar-refractivity contribution in [3.63, 3.8) is 0 Å². The minimum Gasteiger partial charge on any atom is -0.418 e. The second-order valence-corrected chi connectivity index (χ2v) is 2.84. The lowest BCUT2D eigenvalue weighted by Crippen LogP contribution is -2.02. The van der Waals surface area contributed by atoms with E-state index in [-0.39, 0.29) is 0 Å². The van der Waals surface area contributed by atoms with E-state index in [0.29, 0.717) is 5.69 Å². The van der Waals surface area contributed by atoms with Crippen LogP contribution in [-0.4, -0.2) is 7.25 Å². The van der Waals surface area contributed by atoms with Crippen molar-refractivity contribution in [1.29, 1.82) is 5.39 Å². The van der Waals surface area contributed by atoms with Gasteiger partial charge in [-0.3, -0.25) is 0 Å². The molecule has 0 bridgehead atoms. The highest BCUT2D eigenvalue weighted by Gasteiger charge is 2.20. The Morgan fingerprint density at radius 1 is 1.07 bits per heavy atom. The summed E-state index contributed by atoms with van der Waals surface area (Å²) in [4.78, 5) is 3.17. The lowest BCUT2D eigenvalue weighted by Gasteiger charge is -1.94. The van der Waals surface area contributed by atoms with Gasteiger partial charge in [-0.2, -0.15) is 0 Å². The summed E-state index contributed by atoms with van der Waals surface area (Å²) in [5.41, 5.74) is 2.69. The van der Waals surface area contributed by atoms with Gasteiger partial charge in [-0.25, -0.2) is 0 Å². The van der Waals surface area contributed by atoms with E-state index >= 15 is 0 Å². The smallest absolute Gasteiger partial charge is 0.418 e. The topological polar surface area (TPSA) is 28.1 Å². The highest BCUT2D eigenvalue weighted by molar-refractivity contribution is 6.50. The van der Waals surface area contributed by atoms with Crippen molar-refractivity contribution in [2.75, 3.05) is 0 Å². The average molecular weight is 220 g/mol. The first-order valence-electron chi connectivity index (χ1n) is 4.04. The summed E-state index contributed by atoms with van der Waals surface area (Å²) in [6.45, 7) is 3.84. The van der Waals surface area contributed by atoms with E-state index in [1.807, 2.05) is 32.0 Å². The molecule has 0 saturated heterocycles. The Balaban J connectivity index is 0.000000336. The molecule has 0 aliphatic rings. The molecule has 0 unspecified atom stereocenters. The van der Waals surface area contributed by atoms with Gasteiger partial charge in [-0.15, -0.1) is 0 Å². The van der Waals surface area contributed by atoms with Gasteiger partial charge in [0, 0.05) is 11.1 Å². The summed E-state index contributed by atoms with van der Waals surface area (Å²) in [5, 5.41) is 8.52.